The first-order valence-electron chi connectivity index (χ1n) is 9.75. The summed E-state index contributed by atoms with van der Waals surface area (Å²) in [6.07, 6.45) is 1.83. The third-order valence-corrected chi connectivity index (χ3v) is 5.03. The quantitative estimate of drug-likeness (QED) is 0.621. The van der Waals surface area contributed by atoms with Crippen LogP contribution in [0.1, 0.15) is 36.7 Å². The average Bonchev–Trinajstić information content (AvgIpc) is 3.12. The van der Waals surface area contributed by atoms with Crippen LogP contribution in [0, 0.1) is 6.92 Å². The van der Waals surface area contributed by atoms with E-state index in [1.54, 1.807) is 0 Å². The lowest BCUT2D eigenvalue weighted by Crippen LogP contribution is -2.53. The molecule has 3 rings (SSSR count). The van der Waals surface area contributed by atoms with Crippen LogP contribution in [0.2, 0.25) is 0 Å². The summed E-state index contributed by atoms with van der Waals surface area (Å²) in [5.74, 6) is 2.28. The molecule has 1 aliphatic heterocycles. The molecule has 146 valence electrons. The maximum Gasteiger partial charge on any atom is 0.228 e. The minimum atomic E-state index is 0.490. The van der Waals surface area contributed by atoms with Crippen molar-refractivity contribution >= 4 is 5.96 Å². The van der Waals surface area contributed by atoms with Crippen LogP contribution in [0.5, 0.6) is 0 Å². The van der Waals surface area contributed by atoms with Crippen LogP contribution in [0.25, 0.3) is 0 Å². The molecule has 1 atom stereocenters. The largest absolute Gasteiger partial charge is 0.356 e. The van der Waals surface area contributed by atoms with Crippen molar-refractivity contribution in [3.8, 4) is 0 Å². The predicted octanol–water partition coefficient (Wildman–Crippen LogP) is 2.26. The molecule has 2 heterocycles. The summed E-state index contributed by atoms with van der Waals surface area (Å²) in [6.45, 7) is 8.86. The van der Waals surface area contributed by atoms with Gasteiger partial charge in [-0.15, -0.1) is 0 Å². The van der Waals surface area contributed by atoms with Crippen molar-refractivity contribution in [2.45, 2.75) is 32.7 Å². The Morgan fingerprint density at radius 2 is 1.96 bits per heavy atom. The fraction of sp³-hybridized carbons (Fsp3) is 0.550. The van der Waals surface area contributed by atoms with Gasteiger partial charge in [-0.2, -0.15) is 4.98 Å². The molecule has 2 aromatic rings. The van der Waals surface area contributed by atoms with Crippen molar-refractivity contribution in [1.82, 2.24) is 25.3 Å². The maximum atomic E-state index is 5.16. The Balaban J connectivity index is 1.49. The van der Waals surface area contributed by atoms with Gasteiger partial charge in [0.05, 0.1) is 0 Å². The summed E-state index contributed by atoms with van der Waals surface area (Å²) in [5, 5.41) is 7.24. The smallest absolute Gasteiger partial charge is 0.228 e. The van der Waals surface area contributed by atoms with Crippen molar-refractivity contribution in [2.75, 3.05) is 39.8 Å². The molecule has 0 spiro atoms. The van der Waals surface area contributed by atoms with E-state index in [2.05, 4.69) is 67.5 Å². The number of nitrogens with zero attached hydrogens (tertiary/aromatic N) is 5. The molecule has 0 amide bonds. The zero-order valence-corrected chi connectivity index (χ0v) is 16.6. The van der Waals surface area contributed by atoms with Crippen LogP contribution in [0.15, 0.2) is 39.8 Å². The lowest BCUT2D eigenvalue weighted by Gasteiger charge is -2.40. The van der Waals surface area contributed by atoms with Crippen molar-refractivity contribution in [1.29, 1.82) is 0 Å². The Hall–Kier alpha value is -2.41. The molecule has 1 aromatic heterocycles. The lowest BCUT2D eigenvalue weighted by molar-refractivity contribution is 0.127. The average molecular weight is 371 g/mol. The number of guanidine groups is 1. The highest BCUT2D eigenvalue weighted by atomic mass is 16.5. The number of aromatic nitrogens is 2. The molecule has 1 fully saturated rings. The summed E-state index contributed by atoms with van der Waals surface area (Å²) in [5.41, 5.74) is 1.41. The van der Waals surface area contributed by atoms with Gasteiger partial charge in [0, 0.05) is 52.2 Å². The third kappa shape index (κ3) is 5.07. The second kappa shape index (κ2) is 9.50. The Morgan fingerprint density at radius 1 is 1.22 bits per heavy atom. The zero-order valence-electron chi connectivity index (χ0n) is 16.6. The normalized spacial score (nSPS) is 17.1. The molecular weight excluding hydrogens is 340 g/mol. The molecule has 7 heteroatoms. The lowest BCUT2D eigenvalue weighted by atomic mass is 10.0. The summed E-state index contributed by atoms with van der Waals surface area (Å²) in [7, 11) is 1.84. The molecule has 1 N–H and O–H groups in total. The maximum absolute atomic E-state index is 5.16. The van der Waals surface area contributed by atoms with E-state index in [0.29, 0.717) is 24.2 Å². The van der Waals surface area contributed by atoms with Gasteiger partial charge in [-0.25, -0.2) is 0 Å². The van der Waals surface area contributed by atoms with E-state index in [0.717, 1.165) is 45.1 Å². The van der Waals surface area contributed by atoms with Gasteiger partial charge in [0.15, 0.2) is 11.8 Å². The van der Waals surface area contributed by atoms with Crippen molar-refractivity contribution < 1.29 is 4.52 Å². The van der Waals surface area contributed by atoms with Gasteiger partial charge in [0.2, 0.25) is 5.89 Å². The van der Waals surface area contributed by atoms with Crippen LogP contribution in [0.4, 0.5) is 0 Å². The van der Waals surface area contributed by atoms with Crippen LogP contribution in [-0.2, 0) is 6.42 Å². The Kier molecular flexibility index (Phi) is 6.81. The van der Waals surface area contributed by atoms with Crippen molar-refractivity contribution in [3.05, 3.63) is 47.6 Å². The van der Waals surface area contributed by atoms with E-state index in [4.69, 9.17) is 4.52 Å². The molecule has 0 aliphatic carbocycles. The van der Waals surface area contributed by atoms with Crippen molar-refractivity contribution in [3.63, 3.8) is 0 Å². The second-order valence-electron chi connectivity index (χ2n) is 6.82. The number of benzene rings is 1. The van der Waals surface area contributed by atoms with Gasteiger partial charge >= 0.3 is 0 Å². The van der Waals surface area contributed by atoms with Crippen LogP contribution >= 0.6 is 0 Å². The first kappa shape index (κ1) is 19.4. The highest BCUT2D eigenvalue weighted by molar-refractivity contribution is 5.80. The first-order valence-corrected chi connectivity index (χ1v) is 9.75. The van der Waals surface area contributed by atoms with E-state index in [1.165, 1.54) is 5.56 Å². The fourth-order valence-electron chi connectivity index (χ4n) is 3.68. The van der Waals surface area contributed by atoms with Crippen LogP contribution in [-0.4, -0.2) is 65.7 Å². The van der Waals surface area contributed by atoms with Gasteiger partial charge in [-0.1, -0.05) is 42.4 Å². The van der Waals surface area contributed by atoms with E-state index < -0.39 is 0 Å². The molecule has 1 unspecified atom stereocenters. The Bertz CT molecular complexity index is 721. The monoisotopic (exact) mass is 370 g/mol. The first-order chi connectivity index (χ1) is 13.2. The zero-order chi connectivity index (χ0) is 19.1. The molecule has 1 aromatic carbocycles. The molecule has 0 bridgehead atoms. The number of piperazine rings is 1. The third-order valence-electron chi connectivity index (χ3n) is 5.03. The van der Waals surface area contributed by atoms with Crippen LogP contribution < -0.4 is 5.32 Å². The number of aliphatic imine (C=N–C) groups is 1. The summed E-state index contributed by atoms with van der Waals surface area (Å²) in [4.78, 5) is 13.6. The van der Waals surface area contributed by atoms with E-state index in [9.17, 15) is 0 Å². The standard InChI is InChI=1S/C20H30N6O/c1-4-18(17-8-6-5-7-9-17)25-12-14-26(15-13-25)20(21-3)22-11-10-19-23-16(2)24-27-19/h5-9,18H,4,10-15H2,1-3H3,(H,21,22). The molecule has 1 saturated heterocycles. The minimum Gasteiger partial charge on any atom is -0.356 e. The van der Waals surface area contributed by atoms with E-state index >= 15 is 0 Å². The van der Waals surface area contributed by atoms with Gasteiger partial charge in [0.1, 0.15) is 0 Å². The molecule has 1 aliphatic rings. The SMILES string of the molecule is CCC(c1ccccc1)N1CCN(C(=NC)NCCc2nc(C)no2)CC1. The second-order valence-corrected chi connectivity index (χ2v) is 6.82. The van der Waals surface area contributed by atoms with E-state index in [-0.39, 0.29) is 0 Å². The van der Waals surface area contributed by atoms with Gasteiger partial charge in [-0.05, 0) is 18.9 Å². The molecule has 0 saturated carbocycles. The molecule has 0 radical (unpaired) electrons. The molecule has 7 nitrogen and oxygen atoms in total. The number of aryl methyl sites for hydroxylation is 1. The highest BCUT2D eigenvalue weighted by Gasteiger charge is 2.25. The van der Waals surface area contributed by atoms with Gasteiger partial charge in [-0.3, -0.25) is 9.89 Å². The minimum absolute atomic E-state index is 0.490. The Labute approximate surface area is 161 Å². The molecular formula is C20H30N6O. The number of nitrogens with one attached hydrogen (secondary N) is 1. The number of hydrogen-bond donors (Lipinski definition) is 1. The number of hydrogen-bond acceptors (Lipinski definition) is 5. The van der Waals surface area contributed by atoms with Crippen molar-refractivity contribution in [2.24, 2.45) is 4.99 Å². The summed E-state index contributed by atoms with van der Waals surface area (Å²) >= 11 is 0. The van der Waals surface area contributed by atoms with Gasteiger partial charge < -0.3 is 14.7 Å². The topological polar surface area (TPSA) is 69.8 Å². The Morgan fingerprint density at radius 3 is 2.56 bits per heavy atom. The van der Waals surface area contributed by atoms with Crippen LogP contribution in [0.3, 0.4) is 0 Å². The molecule has 27 heavy (non-hydrogen) atoms. The fourth-order valence-corrected chi connectivity index (χ4v) is 3.68. The summed E-state index contributed by atoms with van der Waals surface area (Å²) < 4.78 is 5.16. The van der Waals surface area contributed by atoms with E-state index in [1.807, 2.05) is 14.0 Å². The summed E-state index contributed by atoms with van der Waals surface area (Å²) in [6, 6.07) is 11.3. The number of rotatable bonds is 6. The van der Waals surface area contributed by atoms with Gasteiger partial charge in [0.25, 0.3) is 0 Å². The predicted molar refractivity (Wildman–Crippen MR) is 107 cm³/mol. The highest BCUT2D eigenvalue weighted by Crippen LogP contribution is 2.25.